The molecule has 0 spiro atoms. The molecule has 7 nitrogen and oxygen atoms in total. The number of hydrogen-bond donors (Lipinski definition) is 2. The number of aryl methyl sites for hydroxylation is 1. The predicted molar refractivity (Wildman–Crippen MR) is 98.4 cm³/mol. The van der Waals surface area contributed by atoms with Gasteiger partial charge in [-0.25, -0.2) is 4.79 Å². The van der Waals surface area contributed by atoms with Gasteiger partial charge in [0.2, 0.25) is 0 Å². The van der Waals surface area contributed by atoms with E-state index in [-0.39, 0.29) is 12.1 Å². The van der Waals surface area contributed by atoms with Crippen molar-refractivity contribution in [2.75, 3.05) is 5.32 Å². The van der Waals surface area contributed by atoms with E-state index in [1.165, 1.54) is 0 Å². The highest BCUT2D eigenvalue weighted by Gasteiger charge is 2.16. The lowest BCUT2D eigenvalue weighted by Crippen LogP contribution is -2.39. The summed E-state index contributed by atoms with van der Waals surface area (Å²) in [5, 5.41) is 2.74. The summed E-state index contributed by atoms with van der Waals surface area (Å²) >= 11 is 0. The number of hydrogen-bond acceptors (Lipinski definition) is 4. The summed E-state index contributed by atoms with van der Waals surface area (Å²) in [5.74, 6) is -0.568. The Bertz CT molecular complexity index is 1040. The lowest BCUT2D eigenvalue weighted by atomic mass is 10.1. The maximum atomic E-state index is 12.6. The number of H-pyrrole nitrogens is 1. The zero-order valence-corrected chi connectivity index (χ0v) is 14.2. The highest BCUT2D eigenvalue weighted by atomic mass is 16.2. The van der Waals surface area contributed by atoms with Crippen molar-refractivity contribution < 1.29 is 4.79 Å². The first-order chi connectivity index (χ1) is 12.6. The molecular weight excluding hydrogens is 332 g/mol. The Hall–Kier alpha value is -3.48. The van der Waals surface area contributed by atoms with Gasteiger partial charge in [0.25, 0.3) is 11.5 Å². The van der Waals surface area contributed by atoms with Crippen LogP contribution in [0.3, 0.4) is 0 Å². The number of carbonyl (C=O) groups excluding carboxylic acids is 1. The molecule has 1 aromatic carbocycles. The van der Waals surface area contributed by atoms with E-state index >= 15 is 0 Å². The number of anilines is 1. The van der Waals surface area contributed by atoms with Gasteiger partial charge in [-0.3, -0.25) is 19.1 Å². The molecule has 7 heteroatoms. The van der Waals surface area contributed by atoms with Crippen molar-refractivity contribution in [3.8, 4) is 0 Å². The van der Waals surface area contributed by atoms with Crippen molar-refractivity contribution in [2.45, 2.75) is 19.9 Å². The summed E-state index contributed by atoms with van der Waals surface area (Å²) in [4.78, 5) is 43.8. The molecule has 3 aromatic rings. The van der Waals surface area contributed by atoms with E-state index in [0.29, 0.717) is 11.4 Å². The van der Waals surface area contributed by atoms with E-state index in [9.17, 15) is 14.4 Å². The summed E-state index contributed by atoms with van der Waals surface area (Å²) in [6.07, 6.45) is 3.46. The van der Waals surface area contributed by atoms with E-state index in [2.05, 4.69) is 15.3 Å². The second-order valence-corrected chi connectivity index (χ2v) is 5.68. The molecule has 3 rings (SSSR count). The van der Waals surface area contributed by atoms with Crippen LogP contribution in [0.2, 0.25) is 0 Å². The second-order valence-electron chi connectivity index (χ2n) is 5.68. The van der Waals surface area contributed by atoms with Crippen LogP contribution in [0, 0.1) is 0 Å². The fourth-order valence-electron chi connectivity index (χ4n) is 2.61. The van der Waals surface area contributed by atoms with Crippen molar-refractivity contribution in [3.05, 3.63) is 92.5 Å². The smallest absolute Gasteiger partial charge is 0.322 e. The van der Waals surface area contributed by atoms with E-state index in [1.54, 1.807) is 36.5 Å². The van der Waals surface area contributed by atoms with Crippen molar-refractivity contribution >= 4 is 11.6 Å². The van der Waals surface area contributed by atoms with E-state index in [0.717, 1.165) is 22.7 Å². The molecular formula is C19H18N4O3. The van der Waals surface area contributed by atoms with E-state index in [4.69, 9.17) is 0 Å². The van der Waals surface area contributed by atoms with Gasteiger partial charge >= 0.3 is 5.69 Å². The SMILES string of the molecule is CCc1ccccc1NC(=O)c1c[nH]c(=O)n(Cc2ccccn2)c1=O. The summed E-state index contributed by atoms with van der Waals surface area (Å²) in [5.41, 5.74) is 0.762. The fraction of sp³-hybridized carbons (Fsp3) is 0.158. The zero-order valence-electron chi connectivity index (χ0n) is 14.2. The highest BCUT2D eigenvalue weighted by Crippen LogP contribution is 2.15. The van der Waals surface area contributed by atoms with Crippen LogP contribution in [0.15, 0.2) is 64.4 Å². The van der Waals surface area contributed by atoms with Crippen molar-refractivity contribution in [3.63, 3.8) is 0 Å². The van der Waals surface area contributed by atoms with Gasteiger partial charge in [-0.05, 0) is 30.2 Å². The molecule has 0 atom stereocenters. The molecule has 0 saturated carbocycles. The maximum absolute atomic E-state index is 12.6. The second kappa shape index (κ2) is 7.60. The third kappa shape index (κ3) is 3.61. The molecule has 0 bridgehead atoms. The van der Waals surface area contributed by atoms with Crippen LogP contribution in [0.1, 0.15) is 28.5 Å². The largest absolute Gasteiger partial charge is 0.328 e. The Morgan fingerprint density at radius 3 is 2.65 bits per heavy atom. The number of carbonyl (C=O) groups is 1. The monoisotopic (exact) mass is 350 g/mol. The lowest BCUT2D eigenvalue weighted by Gasteiger charge is -2.10. The fourth-order valence-corrected chi connectivity index (χ4v) is 2.61. The summed E-state index contributed by atoms with van der Waals surface area (Å²) in [6.45, 7) is 1.96. The van der Waals surface area contributed by atoms with Crippen LogP contribution in [-0.2, 0) is 13.0 Å². The minimum Gasteiger partial charge on any atom is -0.322 e. The Labute approximate surface area is 149 Å². The quantitative estimate of drug-likeness (QED) is 0.733. The molecule has 0 aliphatic heterocycles. The van der Waals surface area contributed by atoms with Gasteiger partial charge in [0, 0.05) is 18.1 Å². The van der Waals surface area contributed by atoms with Crippen molar-refractivity contribution in [2.24, 2.45) is 0 Å². The lowest BCUT2D eigenvalue weighted by molar-refractivity contribution is 0.102. The average molecular weight is 350 g/mol. The van der Waals surface area contributed by atoms with Gasteiger partial charge in [-0.2, -0.15) is 0 Å². The van der Waals surface area contributed by atoms with Gasteiger partial charge in [0.1, 0.15) is 5.56 Å². The number of pyridine rings is 1. The van der Waals surface area contributed by atoms with Gasteiger partial charge in [0.15, 0.2) is 0 Å². The van der Waals surface area contributed by atoms with Crippen LogP contribution in [-0.4, -0.2) is 20.4 Å². The zero-order chi connectivity index (χ0) is 18.5. The molecule has 0 unspecified atom stereocenters. The molecule has 0 radical (unpaired) electrons. The summed E-state index contributed by atoms with van der Waals surface area (Å²) in [7, 11) is 0. The van der Waals surface area contributed by atoms with Gasteiger partial charge in [-0.15, -0.1) is 0 Å². The minimum atomic E-state index is -0.661. The van der Waals surface area contributed by atoms with Gasteiger partial charge < -0.3 is 10.3 Å². The number of aromatic nitrogens is 3. The first-order valence-corrected chi connectivity index (χ1v) is 8.22. The average Bonchev–Trinajstić information content (AvgIpc) is 2.66. The Kier molecular flexibility index (Phi) is 5.07. The van der Waals surface area contributed by atoms with Crippen LogP contribution < -0.4 is 16.6 Å². The predicted octanol–water partition coefficient (Wildman–Crippen LogP) is 1.79. The molecule has 0 aliphatic carbocycles. The van der Waals surface area contributed by atoms with Gasteiger partial charge in [0.05, 0.1) is 12.2 Å². The first kappa shape index (κ1) is 17.3. The third-order valence-corrected chi connectivity index (χ3v) is 4.00. The highest BCUT2D eigenvalue weighted by molar-refractivity contribution is 6.04. The van der Waals surface area contributed by atoms with Crippen LogP contribution in [0.4, 0.5) is 5.69 Å². The van der Waals surface area contributed by atoms with Crippen molar-refractivity contribution in [1.82, 2.24) is 14.5 Å². The topological polar surface area (TPSA) is 96.8 Å². The van der Waals surface area contributed by atoms with E-state index < -0.39 is 17.2 Å². The Morgan fingerprint density at radius 1 is 1.15 bits per heavy atom. The van der Waals surface area contributed by atoms with Crippen LogP contribution in [0.5, 0.6) is 0 Å². The number of nitrogens with zero attached hydrogens (tertiary/aromatic N) is 2. The molecule has 0 aliphatic rings. The number of rotatable bonds is 5. The molecule has 2 heterocycles. The summed E-state index contributed by atoms with van der Waals surface area (Å²) in [6, 6.07) is 12.6. The molecule has 0 fully saturated rings. The number of aromatic amines is 1. The molecule has 1 amide bonds. The van der Waals surface area contributed by atoms with Crippen molar-refractivity contribution in [1.29, 1.82) is 0 Å². The molecule has 0 saturated heterocycles. The number of nitrogens with one attached hydrogen (secondary N) is 2. The number of amides is 1. The first-order valence-electron chi connectivity index (χ1n) is 8.22. The maximum Gasteiger partial charge on any atom is 0.328 e. The standard InChI is InChI=1S/C19H18N4O3/c1-2-13-7-3-4-9-16(13)22-17(24)15-11-21-19(26)23(18(15)25)12-14-8-5-6-10-20-14/h3-11H,2,12H2,1H3,(H,21,26)(H,22,24). The normalized spacial score (nSPS) is 10.5. The Balaban J connectivity index is 1.93. The Morgan fingerprint density at radius 2 is 1.92 bits per heavy atom. The number of para-hydroxylation sites is 1. The summed E-state index contributed by atoms with van der Waals surface area (Å²) < 4.78 is 0.961. The van der Waals surface area contributed by atoms with Crippen LogP contribution in [0.25, 0.3) is 0 Å². The van der Waals surface area contributed by atoms with Gasteiger partial charge in [-0.1, -0.05) is 31.2 Å². The molecule has 132 valence electrons. The molecule has 2 aromatic heterocycles. The third-order valence-electron chi connectivity index (χ3n) is 4.00. The molecule has 26 heavy (non-hydrogen) atoms. The van der Waals surface area contributed by atoms with E-state index in [1.807, 2.05) is 19.1 Å². The van der Waals surface area contributed by atoms with Crippen LogP contribution >= 0.6 is 0 Å². The minimum absolute atomic E-state index is 0.0122. The number of benzene rings is 1. The molecule has 2 N–H and O–H groups in total.